The Kier molecular flexibility index (Phi) is 7.47. The van der Waals surface area contributed by atoms with Crippen molar-refractivity contribution in [2.24, 2.45) is 0 Å². The molecule has 13 heteroatoms. The van der Waals surface area contributed by atoms with Crippen LogP contribution in [0.4, 0.5) is 34.8 Å². The molecule has 0 spiro atoms. The second-order valence-corrected chi connectivity index (χ2v) is 10.1. The molecule has 1 aliphatic heterocycles. The third-order valence-corrected chi connectivity index (χ3v) is 6.88. The van der Waals surface area contributed by atoms with Crippen molar-refractivity contribution in [1.29, 1.82) is 0 Å². The maximum atomic E-state index is 15.3. The minimum atomic E-state index is -4.62. The Bertz CT molecular complexity index is 1590. The van der Waals surface area contributed by atoms with E-state index in [4.69, 9.17) is 4.74 Å². The number of aromatic nitrogens is 3. The Morgan fingerprint density at radius 1 is 1.07 bits per heavy atom. The second kappa shape index (κ2) is 10.9. The molecule has 41 heavy (non-hydrogen) atoms. The van der Waals surface area contributed by atoms with Crippen molar-refractivity contribution in [1.82, 2.24) is 24.8 Å². The van der Waals surface area contributed by atoms with Gasteiger partial charge >= 0.3 is 6.18 Å². The molecule has 3 heterocycles. The molecule has 0 bridgehead atoms. The molecular weight excluding hydrogens is 542 g/mol. The van der Waals surface area contributed by atoms with Gasteiger partial charge in [-0.25, -0.2) is 14.4 Å². The Hall–Kier alpha value is -4.39. The summed E-state index contributed by atoms with van der Waals surface area (Å²) in [6.45, 7) is 4.01. The van der Waals surface area contributed by atoms with Gasteiger partial charge in [-0.15, -0.1) is 0 Å². The van der Waals surface area contributed by atoms with E-state index in [0.29, 0.717) is 37.1 Å². The van der Waals surface area contributed by atoms with E-state index in [2.05, 4.69) is 25.2 Å². The standard InChI is InChI=1S/C28H29F4N7O2/c1-16-13-18-20(35-16)6-8-22(24(18)29)41-26-23(27(40)37(2)3)25(33-15-34-26)36-17-5-7-21(19(14-17)28(30,31)32)39-11-9-38(4)10-12-39/h5-8,13-15,35H,9-12H2,1-4H3,(H,33,34,36). The van der Waals surface area contributed by atoms with Crippen molar-refractivity contribution in [2.75, 3.05) is 57.5 Å². The van der Waals surface area contributed by atoms with Crippen LogP contribution in [0.5, 0.6) is 11.6 Å². The summed E-state index contributed by atoms with van der Waals surface area (Å²) in [4.78, 5) is 29.4. The number of H-pyrrole nitrogens is 1. The number of fused-ring (bicyclic) bond motifs is 1. The highest BCUT2D eigenvalue weighted by Gasteiger charge is 2.36. The maximum absolute atomic E-state index is 15.3. The van der Waals surface area contributed by atoms with E-state index < -0.39 is 23.5 Å². The second-order valence-electron chi connectivity index (χ2n) is 10.1. The van der Waals surface area contributed by atoms with Crippen LogP contribution in [0.25, 0.3) is 10.9 Å². The van der Waals surface area contributed by atoms with Crippen molar-refractivity contribution in [2.45, 2.75) is 13.1 Å². The van der Waals surface area contributed by atoms with Gasteiger partial charge in [0.25, 0.3) is 5.91 Å². The van der Waals surface area contributed by atoms with Crippen LogP contribution < -0.4 is 15.0 Å². The van der Waals surface area contributed by atoms with E-state index in [1.54, 1.807) is 24.0 Å². The number of rotatable bonds is 6. The van der Waals surface area contributed by atoms with E-state index in [-0.39, 0.29) is 34.4 Å². The number of piperazine rings is 1. The zero-order valence-electron chi connectivity index (χ0n) is 22.9. The number of amides is 1. The van der Waals surface area contributed by atoms with Crippen molar-refractivity contribution in [3.8, 4) is 11.6 Å². The molecular formula is C28H29F4N7O2. The highest BCUT2D eigenvalue weighted by atomic mass is 19.4. The van der Waals surface area contributed by atoms with E-state index in [1.807, 2.05) is 7.05 Å². The third kappa shape index (κ3) is 5.75. The highest BCUT2D eigenvalue weighted by Crippen LogP contribution is 2.40. The number of carbonyl (C=O) groups excluding carboxylic acids is 1. The van der Waals surface area contributed by atoms with Crippen LogP contribution in [0.2, 0.25) is 0 Å². The lowest BCUT2D eigenvalue weighted by atomic mass is 10.1. The van der Waals surface area contributed by atoms with Crippen molar-refractivity contribution in [3.63, 3.8) is 0 Å². The normalized spacial score (nSPS) is 14.4. The summed E-state index contributed by atoms with van der Waals surface area (Å²) in [5.41, 5.74) is 0.489. The third-order valence-electron chi connectivity index (χ3n) is 6.88. The number of anilines is 3. The molecule has 9 nitrogen and oxygen atoms in total. The predicted octanol–water partition coefficient (Wildman–Crippen LogP) is 5.41. The van der Waals surface area contributed by atoms with E-state index in [9.17, 15) is 18.0 Å². The fourth-order valence-corrected chi connectivity index (χ4v) is 4.73. The smallest absolute Gasteiger partial charge is 0.418 e. The largest absolute Gasteiger partial charge is 0.435 e. The van der Waals surface area contributed by atoms with Crippen LogP contribution in [0.1, 0.15) is 21.6 Å². The van der Waals surface area contributed by atoms with Gasteiger partial charge in [0, 0.05) is 68.2 Å². The number of aromatic amines is 1. The Balaban J connectivity index is 1.52. The molecule has 0 radical (unpaired) electrons. The number of aryl methyl sites for hydroxylation is 1. The lowest BCUT2D eigenvalue weighted by Gasteiger charge is -2.35. The first-order valence-corrected chi connectivity index (χ1v) is 12.9. The lowest BCUT2D eigenvalue weighted by molar-refractivity contribution is -0.137. The number of nitrogens with one attached hydrogen (secondary N) is 2. The number of nitrogens with zero attached hydrogens (tertiary/aromatic N) is 5. The molecule has 0 saturated carbocycles. The van der Waals surface area contributed by atoms with Crippen LogP contribution >= 0.6 is 0 Å². The summed E-state index contributed by atoms with van der Waals surface area (Å²) in [7, 11) is 4.91. The predicted molar refractivity (Wildman–Crippen MR) is 148 cm³/mol. The lowest BCUT2D eigenvalue weighted by Crippen LogP contribution is -2.45. The number of hydrogen-bond acceptors (Lipinski definition) is 7. The number of halogens is 4. The number of carbonyl (C=O) groups is 1. The minimum Gasteiger partial charge on any atom is -0.435 e. The molecule has 1 aliphatic rings. The summed E-state index contributed by atoms with van der Waals surface area (Å²) < 4.78 is 63.5. The first-order valence-electron chi connectivity index (χ1n) is 12.9. The molecule has 0 aliphatic carbocycles. The molecule has 5 rings (SSSR count). The molecule has 4 aromatic rings. The summed E-state index contributed by atoms with van der Waals surface area (Å²) in [5, 5.41) is 3.13. The summed E-state index contributed by atoms with van der Waals surface area (Å²) in [6.07, 6.45) is -3.53. The molecule has 216 valence electrons. The van der Waals surface area contributed by atoms with E-state index in [1.165, 1.54) is 37.2 Å². The molecule has 2 aromatic heterocycles. The van der Waals surface area contributed by atoms with Crippen molar-refractivity contribution < 1.29 is 27.1 Å². The fraction of sp³-hybridized carbons (Fsp3) is 0.321. The van der Waals surface area contributed by atoms with Gasteiger partial charge in [-0.05, 0) is 50.4 Å². The molecule has 0 atom stereocenters. The number of likely N-dealkylation sites (N-methyl/N-ethyl adjacent to an activating group) is 1. The average molecular weight is 572 g/mol. The Labute approximate surface area is 233 Å². The summed E-state index contributed by atoms with van der Waals surface area (Å²) >= 11 is 0. The molecule has 1 fully saturated rings. The van der Waals surface area contributed by atoms with Gasteiger partial charge < -0.3 is 29.7 Å². The quantitative estimate of drug-likeness (QED) is 0.299. The first kappa shape index (κ1) is 28.1. The van der Waals surface area contributed by atoms with Crippen LogP contribution in [-0.2, 0) is 6.18 Å². The van der Waals surface area contributed by atoms with Gasteiger partial charge in [0.1, 0.15) is 11.9 Å². The zero-order valence-corrected chi connectivity index (χ0v) is 22.9. The molecule has 1 amide bonds. The van der Waals surface area contributed by atoms with Crippen LogP contribution in [0.3, 0.4) is 0 Å². The van der Waals surface area contributed by atoms with Crippen LogP contribution in [-0.4, -0.2) is 78.0 Å². The molecule has 0 unspecified atom stereocenters. The number of hydrogen-bond donors (Lipinski definition) is 2. The van der Waals surface area contributed by atoms with Crippen LogP contribution in [0, 0.1) is 12.7 Å². The zero-order chi connectivity index (χ0) is 29.5. The van der Waals surface area contributed by atoms with Crippen LogP contribution in [0.15, 0.2) is 42.7 Å². The number of ether oxygens (including phenoxy) is 1. The van der Waals surface area contributed by atoms with Gasteiger partial charge in [-0.1, -0.05) is 0 Å². The Morgan fingerprint density at radius 3 is 2.49 bits per heavy atom. The van der Waals surface area contributed by atoms with E-state index >= 15 is 4.39 Å². The summed E-state index contributed by atoms with van der Waals surface area (Å²) in [5.74, 6) is -1.76. The average Bonchev–Trinajstić information content (AvgIpc) is 3.31. The van der Waals surface area contributed by atoms with Crippen molar-refractivity contribution >= 4 is 34.0 Å². The number of benzene rings is 2. The number of alkyl halides is 3. The van der Waals surface area contributed by atoms with Crippen molar-refractivity contribution in [3.05, 3.63) is 65.4 Å². The van der Waals surface area contributed by atoms with Gasteiger partial charge in [-0.3, -0.25) is 4.79 Å². The maximum Gasteiger partial charge on any atom is 0.418 e. The molecule has 1 saturated heterocycles. The van der Waals surface area contributed by atoms with E-state index in [0.717, 1.165) is 18.1 Å². The van der Waals surface area contributed by atoms with Gasteiger partial charge in [0.15, 0.2) is 17.4 Å². The molecule has 2 N–H and O–H groups in total. The monoisotopic (exact) mass is 571 g/mol. The fourth-order valence-electron chi connectivity index (χ4n) is 4.73. The molecule has 2 aromatic carbocycles. The topological polar surface area (TPSA) is 89.6 Å². The highest BCUT2D eigenvalue weighted by molar-refractivity contribution is 6.01. The SMILES string of the molecule is Cc1cc2c(F)c(Oc3ncnc(Nc4ccc(N5CCN(C)CC5)c(C(F)(F)F)c4)c3C(=O)N(C)C)ccc2[nH]1. The minimum absolute atomic E-state index is 0.0584. The Morgan fingerprint density at radius 2 is 1.80 bits per heavy atom. The van der Waals surface area contributed by atoms with Gasteiger partial charge in [0.05, 0.1) is 5.56 Å². The van der Waals surface area contributed by atoms with Gasteiger partial charge in [0.2, 0.25) is 5.88 Å². The summed E-state index contributed by atoms with van der Waals surface area (Å²) in [6, 6.07) is 8.56. The van der Waals surface area contributed by atoms with Gasteiger partial charge in [-0.2, -0.15) is 13.2 Å². The first-order chi connectivity index (χ1) is 19.4.